The van der Waals surface area contributed by atoms with Crippen LogP contribution in [0.15, 0.2) is 115 Å². The average molecular weight is 733 g/mol. The molecule has 0 bridgehead atoms. The molecule has 0 aliphatic carbocycles. The van der Waals surface area contributed by atoms with E-state index >= 15 is 0 Å². The first-order valence-corrected chi connectivity index (χ1v) is 13.2. The molecule has 42 heavy (non-hydrogen) atoms. The van der Waals surface area contributed by atoms with E-state index in [-0.39, 0.29) is 37.0 Å². The predicted molar refractivity (Wildman–Crippen MR) is 161 cm³/mol. The van der Waals surface area contributed by atoms with Gasteiger partial charge in [0, 0.05) is 54.2 Å². The number of hydrogen-bond donors (Lipinski definition) is 2. The molecule has 0 spiro atoms. The van der Waals surface area contributed by atoms with E-state index in [0.717, 1.165) is 17.1 Å². The van der Waals surface area contributed by atoms with Crippen molar-refractivity contribution < 1.29 is 30.3 Å². The monoisotopic (exact) mass is 733 g/mol. The number of rotatable bonds is 4. The van der Waals surface area contributed by atoms with Gasteiger partial charge in [-0.3, -0.25) is 4.98 Å². The van der Waals surface area contributed by atoms with Crippen LogP contribution in [-0.4, -0.2) is 30.3 Å². The summed E-state index contributed by atoms with van der Waals surface area (Å²) in [7, 11) is 0. The molecule has 2 N–H and O–H groups in total. The average Bonchev–Trinajstić information content (AvgIpc) is 3.50. The van der Waals surface area contributed by atoms with Gasteiger partial charge >= 0.3 is 0 Å². The third kappa shape index (κ3) is 7.15. The van der Waals surface area contributed by atoms with E-state index < -0.39 is 0 Å². The Hall–Kier alpha value is -4.65. The van der Waals surface area contributed by atoms with E-state index in [1.54, 1.807) is 30.5 Å². The van der Waals surface area contributed by atoms with E-state index in [9.17, 15) is 10.2 Å². The Balaban J connectivity index is 0.000000216. The number of phenolic OH excluding ortho intramolecular Hbond substituents is 2. The molecular weight excluding hydrogens is 703 g/mol. The Bertz CT molecular complexity index is 1680. The van der Waals surface area contributed by atoms with Crippen molar-refractivity contribution in [2.24, 2.45) is 0 Å². The van der Waals surface area contributed by atoms with Crippen LogP contribution in [0.5, 0.6) is 11.5 Å². The number of aromatic nitrogens is 5. The fourth-order valence-corrected chi connectivity index (χ4v) is 4.14. The van der Waals surface area contributed by atoms with Crippen molar-refractivity contribution >= 4 is 0 Å². The Labute approximate surface area is 258 Å². The number of benzene rings is 2. The van der Waals surface area contributed by atoms with Crippen molar-refractivity contribution in [2.45, 2.75) is 26.2 Å². The molecule has 4 aromatic heterocycles. The van der Waals surface area contributed by atoms with Crippen LogP contribution >= 0.6 is 0 Å². The van der Waals surface area contributed by atoms with Crippen LogP contribution in [0.4, 0.5) is 0 Å². The maximum Gasteiger partial charge on any atom is 0.124 e. The van der Waals surface area contributed by atoms with Gasteiger partial charge in [0.1, 0.15) is 11.5 Å². The summed E-state index contributed by atoms with van der Waals surface area (Å²) in [4.78, 5) is 13.5. The molecule has 0 saturated carbocycles. The van der Waals surface area contributed by atoms with Crippen molar-refractivity contribution in [2.75, 3.05) is 0 Å². The number of para-hydroxylation sites is 2. The van der Waals surface area contributed by atoms with Crippen molar-refractivity contribution in [3.63, 3.8) is 0 Å². The van der Waals surface area contributed by atoms with Crippen LogP contribution in [-0.2, 0) is 25.5 Å². The van der Waals surface area contributed by atoms with Crippen LogP contribution in [0.25, 0.3) is 45.3 Å². The molecule has 7 nitrogen and oxygen atoms in total. The number of pyridine rings is 3. The second-order valence-electron chi connectivity index (χ2n) is 10.4. The van der Waals surface area contributed by atoms with Crippen molar-refractivity contribution in [1.29, 1.82) is 0 Å². The maximum absolute atomic E-state index is 10.1. The number of nitrogens with zero attached hydrogens (tertiary/aromatic N) is 5. The van der Waals surface area contributed by atoms with Crippen LogP contribution < -0.4 is 5.10 Å². The molecule has 0 aliphatic heterocycles. The van der Waals surface area contributed by atoms with Crippen LogP contribution in [0, 0.1) is 0 Å². The summed E-state index contributed by atoms with van der Waals surface area (Å²) >= 11 is 0. The summed E-state index contributed by atoms with van der Waals surface area (Å²) in [6.07, 6.45) is 1.76. The van der Waals surface area contributed by atoms with Gasteiger partial charge in [0.25, 0.3) is 0 Å². The first-order valence-electron chi connectivity index (χ1n) is 13.2. The van der Waals surface area contributed by atoms with Crippen molar-refractivity contribution in [3.8, 4) is 56.8 Å². The quantitative estimate of drug-likeness (QED) is 0.196. The zero-order valence-electron chi connectivity index (χ0n) is 23.4. The standard InChI is InChI=1S/C22H16N2O2.C12H14N3.Ir/c25-21-13-3-1-7-15(21)17-9-5-11-19(23-17)20-12-6-10-18(24-20)16-8-2-4-14-22(16)26;1-12(2,3)11-8-10(14-15-11)9-6-4-5-7-13-9;/h1-14,25-26H;4-8H,1-3H3;/q;-1;. The summed E-state index contributed by atoms with van der Waals surface area (Å²) in [5.41, 5.74) is 6.86. The second kappa shape index (κ2) is 13.3. The van der Waals surface area contributed by atoms with Crippen LogP contribution in [0.2, 0.25) is 0 Å². The summed E-state index contributed by atoms with van der Waals surface area (Å²) < 4.78 is 0. The molecule has 2 aromatic carbocycles. The summed E-state index contributed by atoms with van der Waals surface area (Å²) in [6.45, 7) is 6.37. The molecule has 0 fully saturated rings. The molecule has 6 rings (SSSR count). The van der Waals surface area contributed by atoms with Crippen molar-refractivity contribution in [3.05, 3.63) is 121 Å². The normalized spacial score (nSPS) is 10.7. The fourth-order valence-electron chi connectivity index (χ4n) is 4.14. The van der Waals surface area contributed by atoms with E-state index in [1.165, 1.54) is 0 Å². The fraction of sp³-hybridized carbons (Fsp3) is 0.118. The van der Waals surface area contributed by atoms with Gasteiger partial charge in [-0.2, -0.15) is 0 Å². The molecule has 0 saturated heterocycles. The Morgan fingerprint density at radius 2 is 1.05 bits per heavy atom. The Morgan fingerprint density at radius 1 is 0.571 bits per heavy atom. The molecule has 213 valence electrons. The van der Waals surface area contributed by atoms with Crippen LogP contribution in [0.3, 0.4) is 0 Å². The summed E-state index contributed by atoms with van der Waals surface area (Å²) in [5.74, 6) is 0.376. The van der Waals surface area contributed by atoms with E-state index in [4.69, 9.17) is 0 Å². The SMILES string of the molecule is CC(C)(C)c1cc(-c2ccccn2)[n-]n1.Oc1ccccc1-c1cccc(-c2cccc(-c3ccccc3O)n2)n1.[Ir]. The molecular formula is C34H30IrN5O2-. The molecule has 0 atom stereocenters. The third-order valence-corrected chi connectivity index (χ3v) is 6.36. The van der Waals surface area contributed by atoms with Crippen LogP contribution in [0.1, 0.15) is 26.5 Å². The zero-order valence-corrected chi connectivity index (χ0v) is 25.8. The van der Waals surface area contributed by atoms with Gasteiger partial charge in [-0.05, 0) is 60.7 Å². The van der Waals surface area contributed by atoms with E-state index in [2.05, 4.69) is 45.9 Å². The Morgan fingerprint density at radius 3 is 1.50 bits per heavy atom. The third-order valence-electron chi connectivity index (χ3n) is 6.36. The minimum atomic E-state index is 0. The minimum absolute atomic E-state index is 0. The molecule has 1 radical (unpaired) electrons. The second-order valence-corrected chi connectivity index (χ2v) is 10.4. The molecule has 4 heterocycles. The van der Waals surface area contributed by atoms with Gasteiger partial charge in [0.2, 0.25) is 0 Å². The molecule has 0 unspecified atom stereocenters. The molecule has 0 aliphatic rings. The Kier molecular flexibility index (Phi) is 9.63. The van der Waals surface area contributed by atoms with E-state index in [1.807, 2.05) is 84.9 Å². The van der Waals surface area contributed by atoms with Crippen molar-refractivity contribution in [1.82, 2.24) is 25.1 Å². The first kappa shape index (κ1) is 30.3. The van der Waals surface area contributed by atoms with E-state index in [0.29, 0.717) is 33.9 Å². The largest absolute Gasteiger partial charge is 0.573 e. The van der Waals surface area contributed by atoms with Gasteiger partial charge in [0.15, 0.2) is 0 Å². The van der Waals surface area contributed by atoms with Gasteiger partial charge < -0.3 is 20.4 Å². The smallest absolute Gasteiger partial charge is 0.124 e. The first-order chi connectivity index (χ1) is 19.8. The zero-order chi connectivity index (χ0) is 28.8. The minimum Gasteiger partial charge on any atom is -0.573 e. The number of aromatic hydroxyl groups is 2. The molecule has 8 heteroatoms. The van der Waals surface area contributed by atoms with Gasteiger partial charge in [0.05, 0.1) is 22.8 Å². The summed E-state index contributed by atoms with van der Waals surface area (Å²) in [5, 5.41) is 28.4. The molecule has 6 aromatic rings. The maximum atomic E-state index is 10.1. The van der Waals surface area contributed by atoms with Gasteiger partial charge in [-0.25, -0.2) is 9.97 Å². The number of phenols is 2. The predicted octanol–water partition coefficient (Wildman–Crippen LogP) is 7.28. The topological polar surface area (TPSA) is 106 Å². The summed E-state index contributed by atoms with van der Waals surface area (Å²) in [6, 6.07) is 33.2. The molecule has 0 amide bonds. The van der Waals surface area contributed by atoms with Gasteiger partial charge in [-0.15, -0.1) is 0 Å². The van der Waals surface area contributed by atoms with Gasteiger partial charge in [-0.1, -0.05) is 75.0 Å². The number of hydrogen-bond acceptors (Lipinski definition) is 6.